The van der Waals surface area contributed by atoms with Crippen molar-refractivity contribution in [3.8, 4) is 0 Å². The lowest BCUT2D eigenvalue weighted by Crippen LogP contribution is -2.40. The van der Waals surface area contributed by atoms with Gasteiger partial charge >= 0.3 is 5.97 Å². The van der Waals surface area contributed by atoms with Crippen LogP contribution in [0.1, 0.15) is 35.3 Å². The number of amides is 1. The van der Waals surface area contributed by atoms with E-state index in [0.717, 1.165) is 0 Å². The molecule has 0 radical (unpaired) electrons. The van der Waals surface area contributed by atoms with E-state index in [4.69, 9.17) is 10.8 Å². The fraction of sp³-hybridized carbons (Fsp3) is 0.500. The first-order valence-electron chi connectivity index (χ1n) is 5.26. The lowest BCUT2D eigenvalue weighted by atomic mass is 10.1. The predicted molar refractivity (Wildman–Crippen MR) is 63.8 cm³/mol. The van der Waals surface area contributed by atoms with Gasteiger partial charge in [0.15, 0.2) is 0 Å². The predicted octanol–water partition coefficient (Wildman–Crippen LogP) is 0.585. The van der Waals surface area contributed by atoms with Crippen molar-refractivity contribution in [3.63, 3.8) is 0 Å². The van der Waals surface area contributed by atoms with E-state index in [1.165, 1.54) is 11.3 Å². The minimum atomic E-state index is -1.03. The standard InChI is InChI=1S/C10H15N3O3S/c1-2-3-6(10(15)16)13-9(14)7-5-17-8(4-11)12-7/h5-6H,2-4,11H2,1H3,(H,13,14)(H,15,16). The maximum atomic E-state index is 11.7. The lowest BCUT2D eigenvalue weighted by molar-refractivity contribution is -0.139. The highest BCUT2D eigenvalue weighted by molar-refractivity contribution is 7.09. The van der Waals surface area contributed by atoms with Gasteiger partial charge in [0, 0.05) is 11.9 Å². The zero-order valence-corrected chi connectivity index (χ0v) is 10.3. The molecule has 0 fully saturated rings. The lowest BCUT2D eigenvalue weighted by Gasteiger charge is -2.12. The van der Waals surface area contributed by atoms with Gasteiger partial charge in [-0.25, -0.2) is 9.78 Å². The van der Waals surface area contributed by atoms with Crippen molar-refractivity contribution >= 4 is 23.2 Å². The van der Waals surface area contributed by atoms with Crippen LogP contribution in [0.3, 0.4) is 0 Å². The molecule has 0 saturated carbocycles. The molecular formula is C10H15N3O3S. The normalized spacial score (nSPS) is 12.1. The molecule has 1 heterocycles. The maximum Gasteiger partial charge on any atom is 0.326 e. The molecule has 94 valence electrons. The van der Waals surface area contributed by atoms with E-state index >= 15 is 0 Å². The number of carboxylic acids is 1. The first kappa shape index (κ1) is 13.6. The molecule has 7 heteroatoms. The van der Waals surface area contributed by atoms with Crippen LogP contribution in [0.2, 0.25) is 0 Å². The maximum absolute atomic E-state index is 11.7. The van der Waals surface area contributed by atoms with E-state index in [-0.39, 0.29) is 12.2 Å². The van der Waals surface area contributed by atoms with E-state index in [2.05, 4.69) is 10.3 Å². The third-order valence-corrected chi connectivity index (χ3v) is 3.01. The second-order valence-electron chi connectivity index (χ2n) is 3.48. The highest BCUT2D eigenvalue weighted by atomic mass is 32.1. The van der Waals surface area contributed by atoms with E-state index < -0.39 is 17.9 Å². The largest absolute Gasteiger partial charge is 0.480 e. The minimum absolute atomic E-state index is 0.220. The monoisotopic (exact) mass is 257 g/mol. The Morgan fingerprint density at radius 2 is 2.35 bits per heavy atom. The Balaban J connectivity index is 2.66. The second-order valence-corrected chi connectivity index (χ2v) is 4.43. The number of nitrogens with zero attached hydrogens (tertiary/aromatic N) is 1. The molecule has 1 amide bonds. The number of aliphatic carboxylic acids is 1. The first-order valence-corrected chi connectivity index (χ1v) is 6.14. The Bertz CT molecular complexity index is 405. The Labute approximate surface area is 103 Å². The van der Waals surface area contributed by atoms with Crippen LogP contribution < -0.4 is 11.1 Å². The molecule has 1 aromatic heterocycles. The molecule has 17 heavy (non-hydrogen) atoms. The molecule has 6 nitrogen and oxygen atoms in total. The summed E-state index contributed by atoms with van der Waals surface area (Å²) in [5.74, 6) is -1.50. The average Bonchev–Trinajstić information content (AvgIpc) is 2.76. The van der Waals surface area contributed by atoms with E-state index in [1.807, 2.05) is 6.92 Å². The number of carbonyl (C=O) groups excluding carboxylic acids is 1. The Kier molecular flexibility index (Phi) is 5.05. The minimum Gasteiger partial charge on any atom is -0.480 e. The average molecular weight is 257 g/mol. The summed E-state index contributed by atoms with van der Waals surface area (Å²) in [7, 11) is 0. The fourth-order valence-electron chi connectivity index (χ4n) is 1.29. The Morgan fingerprint density at radius 1 is 1.65 bits per heavy atom. The van der Waals surface area contributed by atoms with Crippen molar-refractivity contribution in [3.05, 3.63) is 16.1 Å². The number of nitrogens with two attached hydrogens (primary N) is 1. The van der Waals surface area contributed by atoms with Gasteiger partial charge in [0.25, 0.3) is 5.91 Å². The summed E-state index contributed by atoms with van der Waals surface area (Å²) in [4.78, 5) is 26.5. The van der Waals surface area contributed by atoms with Crippen molar-refractivity contribution in [1.82, 2.24) is 10.3 Å². The number of carbonyl (C=O) groups is 2. The highest BCUT2D eigenvalue weighted by Crippen LogP contribution is 2.09. The first-order chi connectivity index (χ1) is 8.08. The Morgan fingerprint density at radius 3 is 2.82 bits per heavy atom. The number of nitrogens with one attached hydrogen (secondary N) is 1. The van der Waals surface area contributed by atoms with Crippen molar-refractivity contribution in [2.75, 3.05) is 0 Å². The van der Waals surface area contributed by atoms with Crippen LogP contribution in [0.4, 0.5) is 0 Å². The van der Waals surface area contributed by atoms with Gasteiger partial charge in [0.05, 0.1) is 0 Å². The molecule has 0 spiro atoms. The number of hydrogen-bond donors (Lipinski definition) is 3. The molecule has 0 aromatic carbocycles. The number of carboxylic acid groups (broad SMARTS) is 1. The van der Waals surface area contributed by atoms with Crippen LogP contribution in [-0.2, 0) is 11.3 Å². The molecule has 1 aromatic rings. The zero-order valence-electron chi connectivity index (χ0n) is 9.47. The smallest absolute Gasteiger partial charge is 0.326 e. The third-order valence-electron chi connectivity index (χ3n) is 2.14. The summed E-state index contributed by atoms with van der Waals surface area (Å²) in [6.07, 6.45) is 1.08. The Hall–Kier alpha value is -1.47. The molecule has 0 aliphatic heterocycles. The summed E-state index contributed by atoms with van der Waals surface area (Å²) in [6, 6.07) is -0.865. The molecule has 0 aliphatic carbocycles. The van der Waals surface area contributed by atoms with Gasteiger partial charge < -0.3 is 16.2 Å². The van der Waals surface area contributed by atoms with Gasteiger partial charge in [0.1, 0.15) is 16.7 Å². The van der Waals surface area contributed by atoms with Gasteiger partial charge in [0.2, 0.25) is 0 Å². The second kappa shape index (κ2) is 6.31. The highest BCUT2D eigenvalue weighted by Gasteiger charge is 2.20. The van der Waals surface area contributed by atoms with E-state index in [1.54, 1.807) is 5.38 Å². The molecule has 0 saturated heterocycles. The van der Waals surface area contributed by atoms with E-state index in [0.29, 0.717) is 17.8 Å². The van der Waals surface area contributed by atoms with Crippen LogP contribution in [0.25, 0.3) is 0 Å². The zero-order chi connectivity index (χ0) is 12.8. The summed E-state index contributed by atoms with van der Waals surface area (Å²) in [5.41, 5.74) is 5.60. The van der Waals surface area contributed by atoms with Crippen LogP contribution in [0, 0.1) is 0 Å². The van der Waals surface area contributed by atoms with Crippen molar-refractivity contribution in [2.24, 2.45) is 5.73 Å². The van der Waals surface area contributed by atoms with Crippen molar-refractivity contribution in [2.45, 2.75) is 32.4 Å². The SMILES string of the molecule is CCCC(NC(=O)c1csc(CN)n1)C(=O)O. The number of hydrogen-bond acceptors (Lipinski definition) is 5. The van der Waals surface area contributed by atoms with Crippen LogP contribution in [0.15, 0.2) is 5.38 Å². The molecule has 0 aliphatic rings. The molecule has 1 rings (SSSR count). The topological polar surface area (TPSA) is 105 Å². The fourth-order valence-corrected chi connectivity index (χ4v) is 1.94. The van der Waals surface area contributed by atoms with Crippen molar-refractivity contribution < 1.29 is 14.7 Å². The van der Waals surface area contributed by atoms with Gasteiger partial charge in [-0.05, 0) is 6.42 Å². The van der Waals surface area contributed by atoms with Crippen LogP contribution in [-0.4, -0.2) is 28.0 Å². The summed E-state index contributed by atoms with van der Waals surface area (Å²) >= 11 is 1.28. The number of aromatic nitrogens is 1. The van der Waals surface area contributed by atoms with Gasteiger partial charge in [-0.15, -0.1) is 11.3 Å². The summed E-state index contributed by atoms with van der Waals surface area (Å²) in [6.45, 7) is 2.13. The molecular weight excluding hydrogens is 242 g/mol. The van der Waals surface area contributed by atoms with Crippen LogP contribution >= 0.6 is 11.3 Å². The molecule has 0 bridgehead atoms. The summed E-state index contributed by atoms with van der Waals surface area (Å²) in [5, 5.41) is 13.6. The third kappa shape index (κ3) is 3.79. The summed E-state index contributed by atoms with van der Waals surface area (Å²) < 4.78 is 0. The number of rotatable bonds is 6. The van der Waals surface area contributed by atoms with Gasteiger partial charge in [-0.2, -0.15) is 0 Å². The number of thiazole rings is 1. The van der Waals surface area contributed by atoms with Gasteiger partial charge in [-0.1, -0.05) is 13.3 Å². The van der Waals surface area contributed by atoms with Crippen LogP contribution in [0.5, 0.6) is 0 Å². The molecule has 1 atom stereocenters. The van der Waals surface area contributed by atoms with E-state index in [9.17, 15) is 9.59 Å². The van der Waals surface area contributed by atoms with Crippen molar-refractivity contribution in [1.29, 1.82) is 0 Å². The van der Waals surface area contributed by atoms with Gasteiger partial charge in [-0.3, -0.25) is 4.79 Å². The molecule has 1 unspecified atom stereocenters. The quantitative estimate of drug-likeness (QED) is 0.691. The molecule has 4 N–H and O–H groups in total.